The molecule has 0 saturated carbocycles. The summed E-state index contributed by atoms with van der Waals surface area (Å²) in [6.07, 6.45) is 0. The Balaban J connectivity index is 1.85. The molecule has 20 heavy (non-hydrogen) atoms. The first kappa shape index (κ1) is 14.7. The van der Waals surface area contributed by atoms with Crippen molar-refractivity contribution >= 4 is 44.8 Å². The van der Waals surface area contributed by atoms with Crippen molar-refractivity contribution in [2.24, 2.45) is 0 Å². The summed E-state index contributed by atoms with van der Waals surface area (Å²) in [5.74, 6) is -1.18. The van der Waals surface area contributed by atoms with Crippen molar-refractivity contribution in [2.75, 3.05) is 11.9 Å². The lowest BCUT2D eigenvalue weighted by Gasteiger charge is -2.06. The number of carbonyl (C=O) groups excluding carboxylic acids is 2. The maximum Gasteiger partial charge on any atom is 0.261 e. The molecule has 1 heterocycles. The van der Waals surface area contributed by atoms with E-state index in [1.54, 1.807) is 18.2 Å². The summed E-state index contributed by atoms with van der Waals surface area (Å²) in [7, 11) is 0. The predicted molar refractivity (Wildman–Crippen MR) is 79.4 cm³/mol. The quantitative estimate of drug-likeness (QED) is 0.884. The molecule has 0 unspecified atom stereocenters. The summed E-state index contributed by atoms with van der Waals surface area (Å²) in [5, 5.41) is 4.99. The van der Waals surface area contributed by atoms with E-state index in [9.17, 15) is 14.0 Å². The van der Waals surface area contributed by atoms with Crippen molar-refractivity contribution in [1.82, 2.24) is 5.32 Å². The van der Waals surface area contributed by atoms with E-state index in [-0.39, 0.29) is 12.5 Å². The summed E-state index contributed by atoms with van der Waals surface area (Å²) in [6.45, 7) is -0.176. The van der Waals surface area contributed by atoms with Crippen LogP contribution >= 0.6 is 27.3 Å². The molecule has 0 spiro atoms. The fourth-order valence-corrected chi connectivity index (χ4v) is 2.76. The van der Waals surface area contributed by atoms with Gasteiger partial charge in [-0.25, -0.2) is 4.39 Å². The van der Waals surface area contributed by atoms with E-state index in [1.165, 1.54) is 29.5 Å². The minimum atomic E-state index is -0.435. The zero-order valence-corrected chi connectivity index (χ0v) is 12.6. The molecule has 104 valence electrons. The van der Waals surface area contributed by atoms with E-state index in [4.69, 9.17) is 0 Å². The molecule has 1 aromatic heterocycles. The molecule has 0 aliphatic carbocycles. The third kappa shape index (κ3) is 4.14. The minimum Gasteiger partial charge on any atom is -0.342 e. The van der Waals surface area contributed by atoms with Crippen LogP contribution in [0.4, 0.5) is 10.1 Å². The summed E-state index contributed by atoms with van der Waals surface area (Å²) < 4.78 is 13.8. The van der Waals surface area contributed by atoms with Gasteiger partial charge in [-0.1, -0.05) is 6.07 Å². The first-order chi connectivity index (χ1) is 9.54. The third-order valence-electron chi connectivity index (χ3n) is 2.31. The van der Waals surface area contributed by atoms with E-state index < -0.39 is 11.7 Å². The molecule has 2 aromatic rings. The molecule has 2 amide bonds. The van der Waals surface area contributed by atoms with Gasteiger partial charge in [0, 0.05) is 5.69 Å². The van der Waals surface area contributed by atoms with E-state index in [0.717, 1.165) is 3.79 Å². The van der Waals surface area contributed by atoms with Gasteiger partial charge in [0.25, 0.3) is 5.91 Å². The molecule has 0 aliphatic heterocycles. The molecule has 2 rings (SSSR count). The molecule has 0 atom stereocenters. The molecule has 0 saturated heterocycles. The van der Waals surface area contributed by atoms with E-state index in [1.807, 2.05) is 0 Å². The Morgan fingerprint density at radius 2 is 2.05 bits per heavy atom. The lowest BCUT2D eigenvalue weighted by molar-refractivity contribution is -0.115. The standard InChI is InChI=1S/C13H10BrFN2O2S/c14-11-5-4-10(20-11)13(19)16-7-12(18)17-9-3-1-2-8(15)6-9/h1-6H,7H2,(H,16,19)(H,17,18). The maximum absolute atomic E-state index is 12.9. The van der Waals surface area contributed by atoms with Crippen LogP contribution in [0.5, 0.6) is 0 Å². The lowest BCUT2D eigenvalue weighted by atomic mass is 10.3. The lowest BCUT2D eigenvalue weighted by Crippen LogP contribution is -2.32. The topological polar surface area (TPSA) is 58.2 Å². The predicted octanol–water partition coefficient (Wildman–Crippen LogP) is 3.02. The smallest absolute Gasteiger partial charge is 0.261 e. The fourth-order valence-electron chi connectivity index (χ4n) is 1.46. The number of nitrogens with one attached hydrogen (secondary N) is 2. The highest BCUT2D eigenvalue weighted by Gasteiger charge is 2.10. The summed E-state index contributed by atoms with van der Waals surface area (Å²) in [4.78, 5) is 23.8. The van der Waals surface area contributed by atoms with Crippen molar-refractivity contribution in [2.45, 2.75) is 0 Å². The Morgan fingerprint density at radius 3 is 2.70 bits per heavy atom. The Morgan fingerprint density at radius 1 is 1.25 bits per heavy atom. The van der Waals surface area contributed by atoms with Crippen LogP contribution < -0.4 is 10.6 Å². The van der Waals surface area contributed by atoms with Gasteiger partial charge in [0.05, 0.1) is 15.2 Å². The van der Waals surface area contributed by atoms with Crippen LogP contribution in [-0.2, 0) is 4.79 Å². The highest BCUT2D eigenvalue weighted by atomic mass is 79.9. The summed E-state index contributed by atoms with van der Waals surface area (Å²) >= 11 is 4.53. The largest absolute Gasteiger partial charge is 0.342 e. The molecule has 0 radical (unpaired) electrons. The van der Waals surface area contributed by atoms with Gasteiger partial charge in [0.1, 0.15) is 5.82 Å². The second-order valence-corrected chi connectivity index (χ2v) is 6.31. The van der Waals surface area contributed by atoms with Crippen LogP contribution in [0.1, 0.15) is 9.67 Å². The van der Waals surface area contributed by atoms with E-state index in [0.29, 0.717) is 10.6 Å². The normalized spacial score (nSPS) is 10.1. The Labute approximate surface area is 127 Å². The van der Waals surface area contributed by atoms with Crippen molar-refractivity contribution < 1.29 is 14.0 Å². The van der Waals surface area contributed by atoms with Gasteiger partial charge in [0.2, 0.25) is 5.91 Å². The van der Waals surface area contributed by atoms with Gasteiger partial charge in [-0.05, 0) is 46.3 Å². The minimum absolute atomic E-state index is 0.176. The second-order valence-electron chi connectivity index (χ2n) is 3.84. The molecular weight excluding hydrogens is 347 g/mol. The molecule has 1 aromatic carbocycles. The van der Waals surface area contributed by atoms with Crippen LogP contribution in [0.3, 0.4) is 0 Å². The zero-order chi connectivity index (χ0) is 14.5. The van der Waals surface area contributed by atoms with E-state index >= 15 is 0 Å². The zero-order valence-electron chi connectivity index (χ0n) is 10.2. The van der Waals surface area contributed by atoms with Crippen molar-refractivity contribution in [3.8, 4) is 0 Å². The molecular formula is C13H10BrFN2O2S. The first-order valence-corrected chi connectivity index (χ1v) is 7.24. The Bertz CT molecular complexity index is 645. The molecule has 2 N–H and O–H groups in total. The fraction of sp³-hybridized carbons (Fsp3) is 0.0769. The SMILES string of the molecule is O=C(CNC(=O)c1ccc(Br)s1)Nc1cccc(F)c1. The van der Waals surface area contributed by atoms with Crippen molar-refractivity contribution in [3.05, 3.63) is 50.9 Å². The molecule has 7 heteroatoms. The molecule has 0 aliphatic rings. The number of anilines is 1. The third-order valence-corrected chi connectivity index (χ3v) is 3.94. The van der Waals surface area contributed by atoms with Gasteiger partial charge < -0.3 is 10.6 Å². The van der Waals surface area contributed by atoms with Crippen molar-refractivity contribution in [1.29, 1.82) is 0 Å². The van der Waals surface area contributed by atoms with Gasteiger partial charge in [-0.3, -0.25) is 9.59 Å². The molecule has 4 nitrogen and oxygen atoms in total. The molecule has 0 bridgehead atoms. The highest BCUT2D eigenvalue weighted by Crippen LogP contribution is 2.21. The average Bonchev–Trinajstić information content (AvgIpc) is 2.83. The van der Waals surface area contributed by atoms with Crippen LogP contribution in [0.25, 0.3) is 0 Å². The number of benzene rings is 1. The van der Waals surface area contributed by atoms with Crippen LogP contribution in [0.15, 0.2) is 40.2 Å². The van der Waals surface area contributed by atoms with Crippen molar-refractivity contribution in [3.63, 3.8) is 0 Å². The number of halogens is 2. The number of thiophene rings is 1. The second kappa shape index (κ2) is 6.62. The highest BCUT2D eigenvalue weighted by molar-refractivity contribution is 9.11. The summed E-state index contributed by atoms with van der Waals surface area (Å²) in [5.41, 5.74) is 0.350. The number of hydrogen-bond donors (Lipinski definition) is 2. The number of carbonyl (C=O) groups is 2. The van der Waals surface area contributed by atoms with E-state index in [2.05, 4.69) is 26.6 Å². The number of amides is 2. The Hall–Kier alpha value is -1.73. The molecule has 0 fully saturated rings. The Kier molecular flexibility index (Phi) is 4.86. The number of rotatable bonds is 4. The summed E-state index contributed by atoms with van der Waals surface area (Å²) in [6, 6.07) is 8.97. The monoisotopic (exact) mass is 356 g/mol. The van der Waals surface area contributed by atoms with Crippen LogP contribution in [0, 0.1) is 5.82 Å². The van der Waals surface area contributed by atoms with Gasteiger partial charge in [0.15, 0.2) is 0 Å². The maximum atomic E-state index is 12.9. The van der Waals surface area contributed by atoms with Crippen LogP contribution in [0.2, 0.25) is 0 Å². The van der Waals surface area contributed by atoms with Gasteiger partial charge in [-0.15, -0.1) is 11.3 Å². The first-order valence-electron chi connectivity index (χ1n) is 5.63. The average molecular weight is 357 g/mol. The van der Waals surface area contributed by atoms with Gasteiger partial charge >= 0.3 is 0 Å². The number of hydrogen-bond acceptors (Lipinski definition) is 3. The van der Waals surface area contributed by atoms with Crippen LogP contribution in [-0.4, -0.2) is 18.4 Å². The van der Waals surface area contributed by atoms with Gasteiger partial charge in [-0.2, -0.15) is 0 Å².